The molecule has 0 heterocycles. The quantitative estimate of drug-likeness (QED) is 0.0819. The number of hydrogen-bond donors (Lipinski definition) is 2. The highest BCUT2D eigenvalue weighted by atomic mass is 14.8. The lowest BCUT2D eigenvalue weighted by Gasteiger charge is -2.19. The van der Waals surface area contributed by atoms with E-state index in [1.165, 1.54) is 193 Å². The third kappa shape index (κ3) is 30.5. The molecule has 0 aliphatic rings. The van der Waals surface area contributed by atoms with Crippen LogP contribution in [-0.4, -0.2) is 12.1 Å². The molecular weight excluding hydrogens is 460 g/mol. The first kappa shape index (κ1) is 37.9. The van der Waals surface area contributed by atoms with Gasteiger partial charge in [0.05, 0.1) is 0 Å². The first-order chi connectivity index (χ1) is 18.7. The van der Waals surface area contributed by atoms with E-state index >= 15 is 0 Å². The molecule has 38 heavy (non-hydrogen) atoms. The van der Waals surface area contributed by atoms with Gasteiger partial charge in [-0.15, -0.1) is 0 Å². The molecule has 0 aliphatic carbocycles. The van der Waals surface area contributed by atoms with E-state index in [0.717, 1.165) is 12.8 Å². The Hall–Kier alpha value is -0.0800. The average Bonchev–Trinajstić information content (AvgIpc) is 2.92. The second kappa shape index (κ2) is 33.1. The predicted octanol–water partition coefficient (Wildman–Crippen LogP) is 12.2. The Morgan fingerprint density at radius 3 is 0.605 bits per heavy atom. The lowest BCUT2D eigenvalue weighted by Crippen LogP contribution is -2.41. The van der Waals surface area contributed by atoms with Crippen LogP contribution in [-0.2, 0) is 0 Å². The molecule has 0 aliphatic heterocycles. The minimum absolute atomic E-state index is 0.212. The van der Waals surface area contributed by atoms with E-state index in [1.54, 1.807) is 0 Å². The van der Waals surface area contributed by atoms with Gasteiger partial charge in [0.15, 0.2) is 0 Å². The summed E-state index contributed by atoms with van der Waals surface area (Å²) < 4.78 is 0. The number of unbranched alkanes of at least 4 members (excludes halogenated alkanes) is 28. The summed E-state index contributed by atoms with van der Waals surface area (Å²) in [6.07, 6.45) is 44.8. The van der Waals surface area contributed by atoms with Crippen LogP contribution in [0.3, 0.4) is 0 Å². The number of rotatable bonds is 33. The molecule has 0 aromatic heterocycles. The summed E-state index contributed by atoms with van der Waals surface area (Å²) >= 11 is 0. The van der Waals surface area contributed by atoms with Gasteiger partial charge >= 0.3 is 0 Å². The Morgan fingerprint density at radius 2 is 0.421 bits per heavy atom. The van der Waals surface area contributed by atoms with Gasteiger partial charge in [-0.3, -0.25) is 0 Å². The highest BCUT2D eigenvalue weighted by molar-refractivity contribution is 4.75. The van der Waals surface area contributed by atoms with Gasteiger partial charge in [0, 0.05) is 12.1 Å². The van der Waals surface area contributed by atoms with E-state index in [4.69, 9.17) is 11.5 Å². The van der Waals surface area contributed by atoms with Crippen LogP contribution in [0.2, 0.25) is 0 Å². The van der Waals surface area contributed by atoms with Gasteiger partial charge in [-0.05, 0) is 12.8 Å². The zero-order valence-electron chi connectivity index (χ0n) is 26.9. The summed E-state index contributed by atoms with van der Waals surface area (Å²) in [4.78, 5) is 0. The molecule has 0 spiro atoms. The van der Waals surface area contributed by atoms with Gasteiger partial charge in [0.2, 0.25) is 0 Å². The summed E-state index contributed by atoms with van der Waals surface area (Å²) in [5.41, 5.74) is 12.8. The molecule has 0 saturated heterocycles. The molecule has 0 rings (SSSR count). The summed E-state index contributed by atoms with van der Waals surface area (Å²) in [5.74, 6) is 0. The molecule has 2 unspecified atom stereocenters. The maximum absolute atomic E-state index is 6.41. The summed E-state index contributed by atoms with van der Waals surface area (Å²) in [5, 5.41) is 0. The molecule has 0 bridgehead atoms. The first-order valence-electron chi connectivity index (χ1n) is 18.2. The molecule has 2 atom stereocenters. The van der Waals surface area contributed by atoms with Gasteiger partial charge in [-0.1, -0.05) is 206 Å². The van der Waals surface area contributed by atoms with Gasteiger partial charge < -0.3 is 11.5 Å². The van der Waals surface area contributed by atoms with Crippen LogP contribution >= 0.6 is 0 Å². The minimum Gasteiger partial charge on any atom is -0.326 e. The van der Waals surface area contributed by atoms with Crippen LogP contribution in [0.1, 0.15) is 219 Å². The monoisotopic (exact) mass is 537 g/mol. The van der Waals surface area contributed by atoms with Gasteiger partial charge in [0.25, 0.3) is 0 Å². The van der Waals surface area contributed by atoms with E-state index in [-0.39, 0.29) is 12.1 Å². The van der Waals surface area contributed by atoms with E-state index in [0.29, 0.717) is 0 Å². The van der Waals surface area contributed by atoms with Crippen molar-refractivity contribution in [1.29, 1.82) is 0 Å². The molecule has 2 heteroatoms. The van der Waals surface area contributed by atoms with Gasteiger partial charge in [-0.2, -0.15) is 0 Å². The smallest absolute Gasteiger partial charge is 0.0192 e. The predicted molar refractivity (Wildman–Crippen MR) is 175 cm³/mol. The fourth-order valence-electron chi connectivity index (χ4n) is 5.93. The van der Waals surface area contributed by atoms with Crippen molar-refractivity contribution < 1.29 is 0 Å². The van der Waals surface area contributed by atoms with Crippen molar-refractivity contribution in [2.24, 2.45) is 11.5 Å². The lowest BCUT2D eigenvalue weighted by atomic mass is 9.96. The fourth-order valence-corrected chi connectivity index (χ4v) is 5.93. The SMILES string of the molecule is CCCCCCCCCCCCCCCCCC(N)C(N)CCCCCCCCCCCCCCCCC. The van der Waals surface area contributed by atoms with Crippen LogP contribution in [0, 0.1) is 0 Å². The molecule has 0 fully saturated rings. The van der Waals surface area contributed by atoms with Crippen molar-refractivity contribution in [2.45, 2.75) is 231 Å². The van der Waals surface area contributed by atoms with Crippen molar-refractivity contribution in [3.05, 3.63) is 0 Å². The second-order valence-electron chi connectivity index (χ2n) is 12.8. The van der Waals surface area contributed by atoms with E-state index in [1.807, 2.05) is 0 Å². The van der Waals surface area contributed by atoms with Gasteiger partial charge in [-0.25, -0.2) is 0 Å². The van der Waals surface area contributed by atoms with Crippen molar-refractivity contribution in [1.82, 2.24) is 0 Å². The second-order valence-corrected chi connectivity index (χ2v) is 12.8. The Morgan fingerprint density at radius 1 is 0.263 bits per heavy atom. The van der Waals surface area contributed by atoms with Crippen LogP contribution in [0.4, 0.5) is 0 Å². The Labute approximate surface area is 242 Å². The van der Waals surface area contributed by atoms with Crippen LogP contribution in [0.5, 0.6) is 0 Å². The topological polar surface area (TPSA) is 52.0 Å². The van der Waals surface area contributed by atoms with E-state index in [9.17, 15) is 0 Å². The normalized spacial score (nSPS) is 13.3. The largest absolute Gasteiger partial charge is 0.326 e. The minimum atomic E-state index is 0.212. The van der Waals surface area contributed by atoms with E-state index < -0.39 is 0 Å². The number of nitrogens with two attached hydrogens (primary N) is 2. The molecule has 230 valence electrons. The first-order valence-corrected chi connectivity index (χ1v) is 18.2. The van der Waals surface area contributed by atoms with Crippen LogP contribution in [0.15, 0.2) is 0 Å². The maximum atomic E-state index is 6.41. The zero-order chi connectivity index (χ0) is 27.8. The average molecular weight is 537 g/mol. The van der Waals surface area contributed by atoms with Crippen molar-refractivity contribution in [2.75, 3.05) is 0 Å². The standard InChI is InChI=1S/C36H76N2/c1-3-5-7-9-11-13-15-17-19-21-23-25-27-29-31-33-35(37)36(38)34-32-30-28-26-24-22-20-18-16-14-12-10-8-6-4-2/h35-36H,3-34,37-38H2,1-2H3. The Bertz CT molecular complexity index is 372. The molecule has 2 nitrogen and oxygen atoms in total. The van der Waals surface area contributed by atoms with Gasteiger partial charge in [0.1, 0.15) is 0 Å². The summed E-state index contributed by atoms with van der Waals surface area (Å²) in [6.45, 7) is 4.60. The van der Waals surface area contributed by atoms with Crippen LogP contribution < -0.4 is 11.5 Å². The Kier molecular flexibility index (Phi) is 33.1. The summed E-state index contributed by atoms with van der Waals surface area (Å²) in [7, 11) is 0. The maximum Gasteiger partial charge on any atom is 0.0192 e. The highest BCUT2D eigenvalue weighted by Gasteiger charge is 2.12. The molecule has 0 amide bonds. The van der Waals surface area contributed by atoms with Crippen molar-refractivity contribution in [3.63, 3.8) is 0 Å². The molecular formula is C36H76N2. The Balaban J connectivity index is 3.26. The fraction of sp³-hybridized carbons (Fsp3) is 1.00. The molecule has 0 saturated carbocycles. The third-order valence-corrected chi connectivity index (χ3v) is 8.83. The van der Waals surface area contributed by atoms with Crippen LogP contribution in [0.25, 0.3) is 0 Å². The van der Waals surface area contributed by atoms with E-state index in [2.05, 4.69) is 13.8 Å². The molecule has 0 radical (unpaired) electrons. The van der Waals surface area contributed by atoms with Crippen molar-refractivity contribution in [3.8, 4) is 0 Å². The molecule has 0 aromatic carbocycles. The third-order valence-electron chi connectivity index (χ3n) is 8.83. The highest BCUT2D eigenvalue weighted by Crippen LogP contribution is 2.16. The van der Waals surface area contributed by atoms with Crippen molar-refractivity contribution >= 4 is 0 Å². The number of hydrogen-bond acceptors (Lipinski definition) is 2. The summed E-state index contributed by atoms with van der Waals surface area (Å²) in [6, 6.07) is 0.423. The molecule has 4 N–H and O–H groups in total. The lowest BCUT2D eigenvalue weighted by molar-refractivity contribution is 0.428. The molecule has 0 aromatic rings. The zero-order valence-corrected chi connectivity index (χ0v) is 26.9.